The van der Waals surface area contributed by atoms with Crippen molar-refractivity contribution in [1.82, 2.24) is 19.7 Å². The minimum absolute atomic E-state index is 0.00265. The zero-order valence-corrected chi connectivity index (χ0v) is 15.7. The van der Waals surface area contributed by atoms with Gasteiger partial charge in [-0.15, -0.1) is 0 Å². The van der Waals surface area contributed by atoms with Crippen LogP contribution in [0.25, 0.3) is 11.0 Å². The molecule has 0 aliphatic carbocycles. The number of aromatic amines is 1. The number of nitrogens with zero attached hydrogens (tertiary/aromatic N) is 4. The van der Waals surface area contributed by atoms with Crippen molar-refractivity contribution in [3.63, 3.8) is 0 Å². The fraction of sp³-hybridized carbons (Fsp3) is 0.389. The molecule has 0 radical (unpaired) electrons. The molecule has 0 fully saturated rings. The molecular weight excluding hydrogens is 378 g/mol. The van der Waals surface area contributed by atoms with Crippen LogP contribution in [0.5, 0.6) is 0 Å². The third-order valence-corrected chi connectivity index (χ3v) is 4.49. The maximum atomic E-state index is 14.2. The quantitative estimate of drug-likeness (QED) is 0.669. The molecule has 0 aliphatic heterocycles. The van der Waals surface area contributed by atoms with E-state index in [0.29, 0.717) is 12.5 Å². The van der Waals surface area contributed by atoms with Crippen molar-refractivity contribution in [1.29, 1.82) is 0 Å². The van der Waals surface area contributed by atoms with E-state index in [1.807, 2.05) is 0 Å². The fourth-order valence-corrected chi connectivity index (χ4v) is 2.97. The van der Waals surface area contributed by atoms with Crippen molar-refractivity contribution >= 4 is 17.0 Å². The third-order valence-electron chi connectivity index (χ3n) is 4.49. The molecule has 0 amide bonds. The summed E-state index contributed by atoms with van der Waals surface area (Å²) in [5.41, 5.74) is -0.917. The largest absolute Gasteiger partial charge is 0.348 e. The average Bonchev–Trinajstić information content (AvgIpc) is 2.99. The molecule has 6 nitrogen and oxygen atoms in total. The Kier molecular flexibility index (Phi) is 4.90. The summed E-state index contributed by atoms with van der Waals surface area (Å²) in [6.07, 6.45) is 0. The van der Waals surface area contributed by atoms with Gasteiger partial charge in [0.25, 0.3) is 11.5 Å². The summed E-state index contributed by atoms with van der Waals surface area (Å²) >= 11 is 0. The number of alkyl halides is 3. The monoisotopic (exact) mass is 397 g/mol. The molecule has 28 heavy (non-hydrogen) atoms. The van der Waals surface area contributed by atoms with Crippen molar-refractivity contribution in [2.45, 2.75) is 32.5 Å². The Morgan fingerprint density at radius 3 is 2.54 bits per heavy atom. The van der Waals surface area contributed by atoms with Gasteiger partial charge in [-0.05, 0) is 24.6 Å². The van der Waals surface area contributed by atoms with Crippen molar-refractivity contribution in [3.05, 3.63) is 51.2 Å². The topological polar surface area (TPSA) is 66.8 Å². The summed E-state index contributed by atoms with van der Waals surface area (Å²) in [5.74, 6) is -4.14. The second-order valence-corrected chi connectivity index (χ2v) is 6.81. The Labute approximate surface area is 157 Å². The normalized spacial score (nSPS) is 13.1. The van der Waals surface area contributed by atoms with E-state index in [4.69, 9.17) is 0 Å². The highest BCUT2D eigenvalue weighted by atomic mass is 19.3. The lowest BCUT2D eigenvalue weighted by molar-refractivity contribution is 0.0137. The van der Waals surface area contributed by atoms with Crippen LogP contribution in [0.1, 0.15) is 36.7 Å². The van der Waals surface area contributed by atoms with Crippen molar-refractivity contribution < 1.29 is 17.6 Å². The predicted octanol–water partition coefficient (Wildman–Crippen LogP) is 3.52. The van der Waals surface area contributed by atoms with Crippen LogP contribution in [0.4, 0.5) is 23.5 Å². The van der Waals surface area contributed by atoms with E-state index in [1.54, 1.807) is 25.9 Å². The average molecular weight is 397 g/mol. The highest BCUT2D eigenvalue weighted by Gasteiger charge is 2.29. The van der Waals surface area contributed by atoms with Crippen LogP contribution in [0.2, 0.25) is 0 Å². The van der Waals surface area contributed by atoms with E-state index >= 15 is 0 Å². The summed E-state index contributed by atoms with van der Waals surface area (Å²) in [6, 6.07) is 2.67. The molecule has 0 unspecified atom stereocenters. The second kappa shape index (κ2) is 6.92. The van der Waals surface area contributed by atoms with E-state index in [-0.39, 0.29) is 22.7 Å². The molecule has 1 N–H and O–H groups in total. The number of aromatic nitrogens is 4. The first-order valence-corrected chi connectivity index (χ1v) is 8.47. The van der Waals surface area contributed by atoms with E-state index in [9.17, 15) is 22.4 Å². The summed E-state index contributed by atoms with van der Waals surface area (Å²) in [4.78, 5) is 20.8. The minimum Gasteiger partial charge on any atom is -0.348 e. The minimum atomic E-state index is -3.32. The Morgan fingerprint density at radius 1 is 1.32 bits per heavy atom. The van der Waals surface area contributed by atoms with E-state index in [1.165, 1.54) is 10.7 Å². The van der Waals surface area contributed by atoms with Crippen molar-refractivity contribution in [2.75, 3.05) is 19.0 Å². The highest BCUT2D eigenvalue weighted by molar-refractivity contribution is 5.78. The number of fused-ring (bicyclic) bond motifs is 1. The predicted molar refractivity (Wildman–Crippen MR) is 97.1 cm³/mol. The van der Waals surface area contributed by atoms with Crippen LogP contribution in [-0.4, -0.2) is 33.8 Å². The zero-order valence-electron chi connectivity index (χ0n) is 15.7. The van der Waals surface area contributed by atoms with Crippen molar-refractivity contribution in [2.24, 2.45) is 0 Å². The van der Waals surface area contributed by atoms with Gasteiger partial charge < -0.3 is 4.90 Å². The summed E-state index contributed by atoms with van der Waals surface area (Å²) in [7, 11) is 3.34. The Morgan fingerprint density at radius 2 is 2.00 bits per heavy atom. The van der Waals surface area contributed by atoms with Gasteiger partial charge in [0.15, 0.2) is 5.65 Å². The number of rotatable bonds is 5. The molecule has 3 rings (SSSR count). The van der Waals surface area contributed by atoms with Gasteiger partial charge in [0.1, 0.15) is 23.6 Å². The molecule has 1 aromatic carbocycles. The molecule has 0 spiro atoms. The molecule has 3 aromatic rings. The molecule has 0 bridgehead atoms. The summed E-state index contributed by atoms with van der Waals surface area (Å²) in [6.45, 7) is 1.25. The maximum Gasteiger partial charge on any atom is 0.273 e. The highest BCUT2D eigenvalue weighted by Crippen LogP contribution is 2.32. The zero-order chi connectivity index (χ0) is 20.8. The van der Waals surface area contributed by atoms with Gasteiger partial charge in [0.2, 0.25) is 5.95 Å². The molecule has 2 aromatic heterocycles. The van der Waals surface area contributed by atoms with E-state index in [2.05, 4.69) is 15.1 Å². The first-order valence-electron chi connectivity index (χ1n) is 8.47. The lowest BCUT2D eigenvalue weighted by Gasteiger charge is -2.17. The van der Waals surface area contributed by atoms with Crippen LogP contribution in [0, 0.1) is 5.82 Å². The molecule has 0 saturated heterocycles. The molecule has 150 valence electrons. The van der Waals surface area contributed by atoms with Gasteiger partial charge >= 0.3 is 0 Å². The van der Waals surface area contributed by atoms with E-state index in [0.717, 1.165) is 12.1 Å². The molecule has 10 heteroatoms. The van der Waals surface area contributed by atoms with Crippen molar-refractivity contribution in [3.8, 4) is 0 Å². The summed E-state index contributed by atoms with van der Waals surface area (Å²) < 4.78 is 55.8. The molecular formula is C18H19F4N5O. The van der Waals surface area contributed by atoms with Crippen LogP contribution in [0.3, 0.4) is 0 Å². The van der Waals surface area contributed by atoms with Crippen LogP contribution in [-0.2, 0) is 12.6 Å². The molecule has 1 atom stereocenters. The van der Waals surface area contributed by atoms with Crippen LogP contribution in [0.15, 0.2) is 23.0 Å². The maximum absolute atomic E-state index is 14.2. The number of hydrogen-bond acceptors (Lipinski definition) is 4. The summed E-state index contributed by atoms with van der Waals surface area (Å²) in [5, 5.41) is 4.11. The van der Waals surface area contributed by atoms with Gasteiger partial charge in [0, 0.05) is 21.0 Å². The molecule has 2 heterocycles. The lowest BCUT2D eigenvalue weighted by atomic mass is 10.0. The lowest BCUT2D eigenvalue weighted by Crippen LogP contribution is -2.20. The molecule has 0 aliphatic rings. The molecule has 0 saturated carbocycles. The van der Waals surface area contributed by atoms with Gasteiger partial charge in [-0.25, -0.2) is 22.2 Å². The number of hydrogen-bond donors (Lipinski definition) is 1. The Balaban J connectivity index is 2.18. The third kappa shape index (κ3) is 3.34. The van der Waals surface area contributed by atoms with Gasteiger partial charge in [-0.1, -0.05) is 6.07 Å². The van der Waals surface area contributed by atoms with E-state index < -0.39 is 35.6 Å². The van der Waals surface area contributed by atoms with Gasteiger partial charge in [0.05, 0.1) is 11.6 Å². The van der Waals surface area contributed by atoms with Crippen LogP contribution >= 0.6 is 0 Å². The fourth-order valence-electron chi connectivity index (χ4n) is 2.97. The number of benzene rings is 1. The first kappa shape index (κ1) is 19.8. The Bertz CT molecular complexity index is 1080. The standard InChI is InChI=1S/C18H19F4N5O/c1-9(10-5-6-11(12(20)7-10)18(2,21)22)27-15-14(13(8-19)25-27)16(28)24-17(23-15)26(3)4/h5-7,9H,8H2,1-4H3,(H,23,24,28)/t9-/m0/s1. The van der Waals surface area contributed by atoms with Crippen LogP contribution < -0.4 is 10.5 Å². The van der Waals surface area contributed by atoms with Gasteiger partial charge in [-0.3, -0.25) is 9.78 Å². The number of nitrogens with one attached hydrogen (secondary N) is 1. The van der Waals surface area contributed by atoms with Gasteiger partial charge in [-0.2, -0.15) is 10.1 Å². The second-order valence-electron chi connectivity index (χ2n) is 6.81. The smallest absolute Gasteiger partial charge is 0.273 e. The first-order chi connectivity index (χ1) is 13.0. The SMILES string of the molecule is C[C@@H](c1ccc(C(C)(F)F)c(F)c1)n1nc(CF)c2c(=O)[nH]c(N(C)C)nc21. The number of halogens is 4. The number of H-pyrrole nitrogens is 1. The number of anilines is 1. The Hall–Kier alpha value is -2.91.